The van der Waals surface area contributed by atoms with Crippen molar-refractivity contribution in [1.29, 1.82) is 0 Å². The van der Waals surface area contributed by atoms with Crippen molar-refractivity contribution in [3.8, 4) is 10.6 Å². The summed E-state index contributed by atoms with van der Waals surface area (Å²) in [4.78, 5) is 28.8. The van der Waals surface area contributed by atoms with Crippen molar-refractivity contribution in [3.63, 3.8) is 0 Å². The zero-order chi connectivity index (χ0) is 17.2. The molecule has 1 amide bonds. The molecule has 1 saturated carbocycles. The molecule has 0 aliphatic heterocycles. The number of rotatable bonds is 5. The van der Waals surface area contributed by atoms with Crippen LogP contribution in [0.15, 0.2) is 64.8 Å². The number of aromatic amines is 1. The van der Waals surface area contributed by atoms with Crippen LogP contribution in [-0.4, -0.2) is 10.9 Å². The average Bonchev–Trinajstić information content (AvgIpc) is 3.33. The molecule has 4 nitrogen and oxygen atoms in total. The van der Waals surface area contributed by atoms with Gasteiger partial charge in [0.1, 0.15) is 5.56 Å². The molecule has 1 atom stereocenters. The second-order valence-corrected chi connectivity index (χ2v) is 7.24. The lowest BCUT2D eigenvalue weighted by Crippen LogP contribution is -2.33. The minimum absolute atomic E-state index is 0.0370. The van der Waals surface area contributed by atoms with E-state index in [1.165, 1.54) is 0 Å². The molecule has 126 valence electrons. The molecule has 0 saturated heterocycles. The van der Waals surface area contributed by atoms with Gasteiger partial charge in [-0.1, -0.05) is 36.4 Å². The van der Waals surface area contributed by atoms with Gasteiger partial charge in [0.15, 0.2) is 0 Å². The fourth-order valence-electron chi connectivity index (χ4n) is 3.01. The highest BCUT2D eigenvalue weighted by molar-refractivity contribution is 7.13. The lowest BCUT2D eigenvalue weighted by molar-refractivity contribution is 0.0930. The number of carbonyl (C=O) groups is 1. The standard InChI is InChI=1S/C20H18N2O2S/c23-19-15(10-11-16(21-19)17-7-4-12-25-17)20(24)22-18(14-8-9-14)13-5-2-1-3-6-13/h1-7,10-12,14,18H,8-9H2,(H,21,23)(H,22,24). The first kappa shape index (κ1) is 15.8. The largest absolute Gasteiger partial charge is 0.345 e. The van der Waals surface area contributed by atoms with Crippen molar-refractivity contribution in [2.45, 2.75) is 18.9 Å². The Hall–Kier alpha value is -2.66. The number of nitrogens with one attached hydrogen (secondary N) is 2. The van der Waals surface area contributed by atoms with E-state index in [0.717, 1.165) is 29.0 Å². The van der Waals surface area contributed by atoms with E-state index in [-0.39, 0.29) is 23.1 Å². The second kappa shape index (κ2) is 6.69. The Morgan fingerprint density at radius 2 is 1.88 bits per heavy atom. The smallest absolute Gasteiger partial charge is 0.261 e. The van der Waals surface area contributed by atoms with Gasteiger partial charge in [-0.2, -0.15) is 0 Å². The fourth-order valence-corrected chi connectivity index (χ4v) is 3.72. The molecule has 0 bridgehead atoms. The number of H-pyrrole nitrogens is 1. The van der Waals surface area contributed by atoms with Crippen molar-refractivity contribution in [2.24, 2.45) is 5.92 Å². The van der Waals surface area contributed by atoms with Crippen molar-refractivity contribution >= 4 is 17.2 Å². The summed E-state index contributed by atoms with van der Waals surface area (Å²) < 4.78 is 0. The van der Waals surface area contributed by atoms with Gasteiger partial charge in [-0.05, 0) is 47.9 Å². The van der Waals surface area contributed by atoms with Crippen LogP contribution in [0.3, 0.4) is 0 Å². The average molecular weight is 350 g/mol. The predicted molar refractivity (Wildman–Crippen MR) is 99.7 cm³/mol. The summed E-state index contributed by atoms with van der Waals surface area (Å²) in [6, 6.07) is 17.2. The molecule has 2 N–H and O–H groups in total. The van der Waals surface area contributed by atoms with Crippen LogP contribution in [0.25, 0.3) is 10.6 Å². The van der Waals surface area contributed by atoms with Crippen molar-refractivity contribution < 1.29 is 4.79 Å². The van der Waals surface area contributed by atoms with Crippen LogP contribution < -0.4 is 10.9 Å². The van der Waals surface area contributed by atoms with E-state index < -0.39 is 0 Å². The quantitative estimate of drug-likeness (QED) is 0.731. The Morgan fingerprint density at radius 3 is 2.52 bits per heavy atom. The third-order valence-electron chi connectivity index (χ3n) is 4.48. The summed E-state index contributed by atoms with van der Waals surface area (Å²) in [5.41, 5.74) is 1.62. The summed E-state index contributed by atoms with van der Waals surface area (Å²) in [6.45, 7) is 0. The van der Waals surface area contributed by atoms with Gasteiger partial charge >= 0.3 is 0 Å². The lowest BCUT2D eigenvalue weighted by atomic mass is 10.0. The van der Waals surface area contributed by atoms with Crippen LogP contribution in [0.5, 0.6) is 0 Å². The molecule has 1 aliphatic rings. The summed E-state index contributed by atoms with van der Waals surface area (Å²) in [6.07, 6.45) is 2.21. The maximum absolute atomic E-state index is 12.7. The maximum Gasteiger partial charge on any atom is 0.261 e. The first-order chi connectivity index (χ1) is 12.2. The zero-order valence-electron chi connectivity index (χ0n) is 13.6. The van der Waals surface area contributed by atoms with E-state index in [9.17, 15) is 9.59 Å². The van der Waals surface area contributed by atoms with Crippen LogP contribution in [0.4, 0.5) is 0 Å². The van der Waals surface area contributed by atoms with Crippen LogP contribution in [0.2, 0.25) is 0 Å². The Bertz CT molecular complexity index is 928. The van der Waals surface area contributed by atoms with E-state index in [2.05, 4.69) is 10.3 Å². The minimum Gasteiger partial charge on any atom is -0.345 e. The zero-order valence-corrected chi connectivity index (χ0v) is 14.4. The van der Waals surface area contributed by atoms with E-state index in [4.69, 9.17) is 0 Å². The molecular weight excluding hydrogens is 332 g/mol. The van der Waals surface area contributed by atoms with Gasteiger partial charge in [-0.25, -0.2) is 0 Å². The van der Waals surface area contributed by atoms with E-state index in [1.807, 2.05) is 47.8 Å². The third kappa shape index (κ3) is 3.42. The Kier molecular flexibility index (Phi) is 4.24. The van der Waals surface area contributed by atoms with Gasteiger partial charge < -0.3 is 10.3 Å². The number of hydrogen-bond donors (Lipinski definition) is 2. The summed E-state index contributed by atoms with van der Waals surface area (Å²) in [5.74, 6) is 0.135. The minimum atomic E-state index is -0.356. The molecule has 4 rings (SSSR count). The number of carbonyl (C=O) groups excluding carboxylic acids is 1. The molecule has 2 heterocycles. The number of benzene rings is 1. The molecule has 5 heteroatoms. The van der Waals surface area contributed by atoms with E-state index in [0.29, 0.717) is 5.92 Å². The SMILES string of the molecule is O=C(NC(c1ccccc1)C1CC1)c1ccc(-c2cccs2)[nH]c1=O. The van der Waals surface area contributed by atoms with Crippen LogP contribution in [0.1, 0.15) is 34.8 Å². The van der Waals surface area contributed by atoms with Crippen LogP contribution >= 0.6 is 11.3 Å². The van der Waals surface area contributed by atoms with E-state index in [1.54, 1.807) is 23.5 Å². The predicted octanol–water partition coefficient (Wildman–Crippen LogP) is 3.98. The first-order valence-corrected chi connectivity index (χ1v) is 9.23. The lowest BCUT2D eigenvalue weighted by Gasteiger charge is -2.18. The number of amides is 1. The van der Waals surface area contributed by atoms with Gasteiger partial charge in [-0.15, -0.1) is 11.3 Å². The number of hydrogen-bond acceptors (Lipinski definition) is 3. The Balaban J connectivity index is 1.57. The molecule has 0 radical (unpaired) electrons. The Labute approximate surface area is 149 Å². The highest BCUT2D eigenvalue weighted by atomic mass is 32.1. The third-order valence-corrected chi connectivity index (χ3v) is 5.38. The molecule has 3 aromatic rings. The number of aromatic nitrogens is 1. The number of pyridine rings is 1. The molecule has 0 spiro atoms. The molecule has 25 heavy (non-hydrogen) atoms. The topological polar surface area (TPSA) is 62.0 Å². The van der Waals surface area contributed by atoms with Gasteiger partial charge in [0.25, 0.3) is 11.5 Å². The van der Waals surface area contributed by atoms with Gasteiger partial charge in [0, 0.05) is 0 Å². The summed E-state index contributed by atoms with van der Waals surface area (Å²) >= 11 is 1.55. The van der Waals surface area contributed by atoms with Crippen molar-refractivity contribution in [1.82, 2.24) is 10.3 Å². The molecule has 2 aromatic heterocycles. The molecule has 1 fully saturated rings. The molecule has 1 aliphatic carbocycles. The molecular formula is C20H18N2O2S. The monoisotopic (exact) mass is 350 g/mol. The Morgan fingerprint density at radius 1 is 1.08 bits per heavy atom. The summed E-state index contributed by atoms with van der Waals surface area (Å²) in [5, 5.41) is 5.00. The molecule has 1 unspecified atom stereocenters. The highest BCUT2D eigenvalue weighted by Crippen LogP contribution is 2.41. The maximum atomic E-state index is 12.7. The summed E-state index contributed by atoms with van der Waals surface area (Å²) in [7, 11) is 0. The highest BCUT2D eigenvalue weighted by Gasteiger charge is 2.33. The van der Waals surface area contributed by atoms with Crippen molar-refractivity contribution in [2.75, 3.05) is 0 Å². The molecule has 1 aromatic carbocycles. The van der Waals surface area contributed by atoms with Gasteiger partial charge in [-0.3, -0.25) is 9.59 Å². The normalized spacial score (nSPS) is 14.9. The first-order valence-electron chi connectivity index (χ1n) is 8.35. The van der Waals surface area contributed by atoms with Crippen LogP contribution in [0, 0.1) is 5.92 Å². The van der Waals surface area contributed by atoms with Crippen LogP contribution in [-0.2, 0) is 0 Å². The van der Waals surface area contributed by atoms with Gasteiger partial charge in [0.05, 0.1) is 16.6 Å². The van der Waals surface area contributed by atoms with Crippen molar-refractivity contribution in [3.05, 3.63) is 81.5 Å². The number of thiophene rings is 1. The second-order valence-electron chi connectivity index (χ2n) is 6.29. The van der Waals surface area contributed by atoms with Gasteiger partial charge in [0.2, 0.25) is 0 Å². The fraction of sp³-hybridized carbons (Fsp3) is 0.200. The van der Waals surface area contributed by atoms with E-state index >= 15 is 0 Å².